The molecule has 0 saturated heterocycles. The van der Waals surface area contributed by atoms with Crippen molar-refractivity contribution in [3.8, 4) is 0 Å². The molecule has 1 aliphatic carbocycles. The van der Waals surface area contributed by atoms with E-state index in [1.807, 2.05) is 6.07 Å². The maximum atomic E-state index is 5.32. The summed E-state index contributed by atoms with van der Waals surface area (Å²) in [7, 11) is 1.79. The first-order valence-corrected chi connectivity index (χ1v) is 8.28. The van der Waals surface area contributed by atoms with Gasteiger partial charge in [0.25, 0.3) is 0 Å². The molecule has 0 spiro atoms. The minimum absolute atomic E-state index is 0.386. The Hall–Kier alpha value is -1.56. The largest absolute Gasteiger partial charge is 0.359 e. The molecule has 1 fully saturated rings. The third-order valence-corrected chi connectivity index (χ3v) is 3.98. The Balaban J connectivity index is 1.70. The van der Waals surface area contributed by atoms with E-state index in [1.54, 1.807) is 7.05 Å². The average molecular weight is 307 g/mol. The number of nitrogens with zero attached hydrogens (tertiary/aromatic N) is 3. The van der Waals surface area contributed by atoms with Gasteiger partial charge in [-0.2, -0.15) is 0 Å². The lowest BCUT2D eigenvalue weighted by Gasteiger charge is -2.20. The van der Waals surface area contributed by atoms with Crippen LogP contribution in [0.3, 0.4) is 0 Å². The fourth-order valence-electron chi connectivity index (χ4n) is 2.43. The van der Waals surface area contributed by atoms with Crippen LogP contribution in [0.4, 0.5) is 0 Å². The number of hydrogen-bond donors (Lipinski definition) is 2. The summed E-state index contributed by atoms with van der Waals surface area (Å²) in [6.45, 7) is 10.1. The van der Waals surface area contributed by atoms with Crippen molar-refractivity contribution in [2.24, 2.45) is 4.99 Å². The zero-order valence-corrected chi connectivity index (χ0v) is 14.2. The molecule has 0 bridgehead atoms. The van der Waals surface area contributed by atoms with Crippen LogP contribution < -0.4 is 10.6 Å². The molecule has 124 valence electrons. The molecule has 2 N–H and O–H groups in total. The van der Waals surface area contributed by atoms with E-state index in [4.69, 9.17) is 4.52 Å². The minimum atomic E-state index is 0.386. The second-order valence-electron chi connectivity index (χ2n) is 6.09. The highest BCUT2D eigenvalue weighted by atomic mass is 16.5. The summed E-state index contributed by atoms with van der Waals surface area (Å²) >= 11 is 0. The van der Waals surface area contributed by atoms with E-state index < -0.39 is 0 Å². The van der Waals surface area contributed by atoms with Crippen LogP contribution in [0.1, 0.15) is 51.0 Å². The Labute approximate surface area is 133 Å². The molecule has 0 aliphatic heterocycles. The monoisotopic (exact) mass is 307 g/mol. The van der Waals surface area contributed by atoms with Crippen LogP contribution in [0.2, 0.25) is 0 Å². The molecule has 0 atom stereocenters. The summed E-state index contributed by atoms with van der Waals surface area (Å²) in [6.07, 6.45) is 2.70. The Morgan fingerprint density at radius 1 is 1.45 bits per heavy atom. The molecule has 1 saturated carbocycles. The molecule has 2 rings (SSSR count). The molecular formula is C16H29N5O. The van der Waals surface area contributed by atoms with Crippen LogP contribution in [0.25, 0.3) is 0 Å². The van der Waals surface area contributed by atoms with E-state index in [0.717, 1.165) is 43.1 Å². The summed E-state index contributed by atoms with van der Waals surface area (Å²) in [5.41, 5.74) is 0.989. The summed E-state index contributed by atoms with van der Waals surface area (Å²) < 4.78 is 5.32. The Morgan fingerprint density at radius 2 is 2.23 bits per heavy atom. The van der Waals surface area contributed by atoms with E-state index in [1.165, 1.54) is 12.8 Å². The van der Waals surface area contributed by atoms with Gasteiger partial charge in [-0.3, -0.25) is 9.89 Å². The van der Waals surface area contributed by atoms with E-state index in [2.05, 4.69) is 46.5 Å². The third kappa shape index (κ3) is 5.02. The summed E-state index contributed by atoms with van der Waals surface area (Å²) in [5.74, 6) is 2.02. The molecule has 1 aromatic rings. The fraction of sp³-hybridized carbons (Fsp3) is 0.750. The molecule has 1 aliphatic rings. The van der Waals surface area contributed by atoms with Crippen LogP contribution in [0, 0.1) is 0 Å². The van der Waals surface area contributed by atoms with Crippen molar-refractivity contribution in [1.29, 1.82) is 0 Å². The Morgan fingerprint density at radius 3 is 2.77 bits per heavy atom. The summed E-state index contributed by atoms with van der Waals surface area (Å²) in [4.78, 5) is 6.76. The van der Waals surface area contributed by atoms with Crippen molar-refractivity contribution in [2.75, 3.05) is 26.7 Å². The quantitative estimate of drug-likeness (QED) is 0.567. The van der Waals surface area contributed by atoms with E-state index >= 15 is 0 Å². The highest BCUT2D eigenvalue weighted by Crippen LogP contribution is 2.25. The van der Waals surface area contributed by atoms with Crippen LogP contribution in [0.15, 0.2) is 15.6 Å². The molecule has 6 nitrogen and oxygen atoms in total. The second-order valence-corrected chi connectivity index (χ2v) is 6.09. The van der Waals surface area contributed by atoms with E-state index in [0.29, 0.717) is 12.5 Å². The van der Waals surface area contributed by atoms with Crippen LogP contribution in [0.5, 0.6) is 0 Å². The number of rotatable bonds is 8. The van der Waals surface area contributed by atoms with Gasteiger partial charge in [0, 0.05) is 32.2 Å². The molecule has 0 radical (unpaired) electrons. The molecule has 1 heterocycles. The van der Waals surface area contributed by atoms with E-state index in [9.17, 15) is 0 Å². The van der Waals surface area contributed by atoms with Gasteiger partial charge in [-0.15, -0.1) is 0 Å². The first-order valence-electron chi connectivity index (χ1n) is 8.28. The first kappa shape index (κ1) is 16.8. The van der Waals surface area contributed by atoms with Crippen molar-refractivity contribution >= 4 is 5.96 Å². The Kier molecular flexibility index (Phi) is 6.24. The van der Waals surface area contributed by atoms with Gasteiger partial charge in [0.1, 0.15) is 0 Å². The number of hydrogen-bond acceptors (Lipinski definition) is 4. The fourth-order valence-corrected chi connectivity index (χ4v) is 2.43. The molecule has 22 heavy (non-hydrogen) atoms. The van der Waals surface area contributed by atoms with E-state index in [-0.39, 0.29) is 0 Å². The standard InChI is InChI=1S/C16H29N5O/c1-5-21(13-6-7-13)9-8-18-16(17-4)19-11-14-10-15(12(2)3)20-22-14/h10,12-13H,5-9,11H2,1-4H3,(H2,17,18,19). The van der Waals surface area contributed by atoms with Gasteiger partial charge < -0.3 is 15.2 Å². The zero-order valence-electron chi connectivity index (χ0n) is 14.2. The summed E-state index contributed by atoms with van der Waals surface area (Å²) in [6, 6.07) is 2.81. The molecule has 0 unspecified atom stereocenters. The van der Waals surface area contributed by atoms with Crippen molar-refractivity contribution in [1.82, 2.24) is 20.7 Å². The SMILES string of the molecule is CCN(CCNC(=NC)NCc1cc(C(C)C)no1)C1CC1. The van der Waals surface area contributed by atoms with Crippen LogP contribution in [-0.4, -0.2) is 48.7 Å². The van der Waals surface area contributed by atoms with Gasteiger partial charge in [-0.05, 0) is 25.3 Å². The number of aromatic nitrogens is 1. The van der Waals surface area contributed by atoms with Gasteiger partial charge >= 0.3 is 0 Å². The molecule has 0 amide bonds. The van der Waals surface area contributed by atoms with Gasteiger partial charge in [0.2, 0.25) is 0 Å². The number of guanidine groups is 1. The highest BCUT2D eigenvalue weighted by Gasteiger charge is 2.27. The number of aliphatic imine (C=N–C) groups is 1. The highest BCUT2D eigenvalue weighted by molar-refractivity contribution is 5.79. The van der Waals surface area contributed by atoms with Crippen molar-refractivity contribution in [3.63, 3.8) is 0 Å². The second kappa shape index (κ2) is 8.17. The molecule has 1 aromatic heterocycles. The van der Waals surface area contributed by atoms with Crippen LogP contribution >= 0.6 is 0 Å². The summed E-state index contributed by atoms with van der Waals surface area (Å²) in [5, 5.41) is 10.7. The van der Waals surface area contributed by atoms with Gasteiger partial charge in [0.15, 0.2) is 11.7 Å². The Bertz CT molecular complexity index is 479. The third-order valence-electron chi connectivity index (χ3n) is 3.98. The maximum Gasteiger partial charge on any atom is 0.191 e. The first-order chi connectivity index (χ1) is 10.6. The molecule has 6 heteroatoms. The van der Waals surface area contributed by atoms with Crippen molar-refractivity contribution < 1.29 is 4.52 Å². The number of likely N-dealkylation sites (N-methyl/N-ethyl adjacent to an activating group) is 1. The van der Waals surface area contributed by atoms with Gasteiger partial charge in [-0.25, -0.2) is 0 Å². The van der Waals surface area contributed by atoms with Gasteiger partial charge in [0.05, 0.1) is 12.2 Å². The predicted octanol–water partition coefficient (Wildman–Crippen LogP) is 1.95. The topological polar surface area (TPSA) is 65.7 Å². The molecule has 0 aromatic carbocycles. The average Bonchev–Trinajstić information content (AvgIpc) is 3.23. The minimum Gasteiger partial charge on any atom is -0.359 e. The van der Waals surface area contributed by atoms with Gasteiger partial charge in [-0.1, -0.05) is 25.9 Å². The van der Waals surface area contributed by atoms with Crippen molar-refractivity contribution in [3.05, 3.63) is 17.5 Å². The maximum absolute atomic E-state index is 5.32. The number of nitrogens with one attached hydrogen (secondary N) is 2. The normalized spacial score (nSPS) is 15.6. The zero-order chi connectivity index (χ0) is 15.9. The molecular weight excluding hydrogens is 278 g/mol. The van der Waals surface area contributed by atoms with Crippen molar-refractivity contribution in [2.45, 2.75) is 52.1 Å². The lowest BCUT2D eigenvalue weighted by atomic mass is 10.1. The lowest BCUT2D eigenvalue weighted by molar-refractivity contribution is 0.282. The lowest BCUT2D eigenvalue weighted by Crippen LogP contribution is -2.41. The van der Waals surface area contributed by atoms with Crippen LogP contribution in [-0.2, 0) is 6.54 Å². The smallest absolute Gasteiger partial charge is 0.191 e. The predicted molar refractivity (Wildman–Crippen MR) is 89.1 cm³/mol.